The van der Waals surface area contributed by atoms with Gasteiger partial charge in [-0.15, -0.1) is 0 Å². The van der Waals surface area contributed by atoms with Crippen molar-refractivity contribution in [3.05, 3.63) is 54.1 Å². The van der Waals surface area contributed by atoms with Gasteiger partial charge < -0.3 is 19.6 Å². The van der Waals surface area contributed by atoms with Crippen LogP contribution in [0, 0.1) is 11.3 Å². The lowest BCUT2D eigenvalue weighted by Gasteiger charge is -2.51. The van der Waals surface area contributed by atoms with E-state index in [1.165, 1.54) is 4.90 Å². The second-order valence-electron chi connectivity index (χ2n) is 7.24. The van der Waals surface area contributed by atoms with Crippen molar-refractivity contribution in [2.75, 3.05) is 34.4 Å². The molecular weight excluding hydrogens is 354 g/mol. The van der Waals surface area contributed by atoms with Gasteiger partial charge in [0.2, 0.25) is 5.91 Å². The Labute approximate surface area is 165 Å². The Morgan fingerprint density at radius 1 is 1.14 bits per heavy atom. The second kappa shape index (κ2) is 8.42. The molecule has 28 heavy (non-hydrogen) atoms. The van der Waals surface area contributed by atoms with Crippen LogP contribution in [-0.4, -0.2) is 67.3 Å². The third kappa shape index (κ3) is 3.72. The molecule has 1 aliphatic heterocycles. The molecule has 3 atom stereocenters. The van der Waals surface area contributed by atoms with Crippen LogP contribution in [0.5, 0.6) is 5.75 Å². The fraction of sp³-hybridized carbons (Fsp3) is 0.364. The van der Waals surface area contributed by atoms with Gasteiger partial charge in [0.25, 0.3) is 0 Å². The Balaban J connectivity index is 1.80. The molecule has 2 aromatic carbocycles. The van der Waals surface area contributed by atoms with Crippen LogP contribution in [0.3, 0.4) is 0 Å². The van der Waals surface area contributed by atoms with Crippen molar-refractivity contribution in [3.63, 3.8) is 0 Å². The average Bonchev–Trinajstić information content (AvgIpc) is 2.68. The maximum absolute atomic E-state index is 12.5. The molecule has 3 rings (SSSR count). The third-order valence-electron chi connectivity index (χ3n) is 5.19. The first-order chi connectivity index (χ1) is 13.5. The molecule has 1 amide bonds. The number of carbonyl (C=O) groups excluding carboxylic acids is 1. The molecular formula is C22H25N3O3. The summed E-state index contributed by atoms with van der Waals surface area (Å²) < 4.78 is 5.19. The van der Waals surface area contributed by atoms with E-state index in [9.17, 15) is 15.2 Å². The number of hydrogen-bond acceptors (Lipinski definition) is 5. The number of ether oxygens (including phenoxy) is 1. The molecule has 1 aliphatic rings. The maximum atomic E-state index is 12.5. The number of rotatable bonds is 6. The quantitative estimate of drug-likeness (QED) is 0.832. The summed E-state index contributed by atoms with van der Waals surface area (Å²) in [7, 11) is 5.25. The predicted molar refractivity (Wildman–Crippen MR) is 107 cm³/mol. The molecule has 6 nitrogen and oxygen atoms in total. The normalized spacial score (nSPS) is 21.1. The lowest BCUT2D eigenvalue weighted by molar-refractivity contribution is -0.147. The van der Waals surface area contributed by atoms with E-state index in [4.69, 9.17) is 4.74 Å². The number of amides is 1. The molecule has 0 unspecified atom stereocenters. The highest BCUT2D eigenvalue weighted by Crippen LogP contribution is 2.41. The molecule has 0 aromatic heterocycles. The molecule has 146 valence electrons. The van der Waals surface area contributed by atoms with Gasteiger partial charge in [-0.2, -0.15) is 5.26 Å². The number of likely N-dealkylation sites (N-methyl/N-ethyl adjacent to an activating group) is 1. The largest absolute Gasteiger partial charge is 0.497 e. The van der Waals surface area contributed by atoms with E-state index in [2.05, 4.69) is 6.07 Å². The lowest BCUT2D eigenvalue weighted by Crippen LogP contribution is -2.66. The van der Waals surface area contributed by atoms with Gasteiger partial charge in [-0.3, -0.25) is 4.79 Å². The molecule has 1 fully saturated rings. The monoisotopic (exact) mass is 379 g/mol. The van der Waals surface area contributed by atoms with Crippen LogP contribution in [0.4, 0.5) is 0 Å². The molecule has 2 aromatic rings. The molecule has 6 heteroatoms. The minimum Gasteiger partial charge on any atom is -0.497 e. The second-order valence-corrected chi connectivity index (χ2v) is 7.24. The van der Waals surface area contributed by atoms with Gasteiger partial charge in [0.15, 0.2) is 0 Å². The van der Waals surface area contributed by atoms with Crippen molar-refractivity contribution in [2.24, 2.45) is 0 Å². The zero-order valence-corrected chi connectivity index (χ0v) is 16.4. The number of likely N-dealkylation sites (tertiary alicyclic amines) is 1. The first-order valence-electron chi connectivity index (χ1n) is 9.21. The van der Waals surface area contributed by atoms with Crippen molar-refractivity contribution in [1.29, 1.82) is 5.26 Å². The molecule has 0 bridgehead atoms. The van der Waals surface area contributed by atoms with Crippen LogP contribution >= 0.6 is 0 Å². The van der Waals surface area contributed by atoms with Crippen LogP contribution in [0.15, 0.2) is 48.5 Å². The smallest absolute Gasteiger partial charge is 0.238 e. The summed E-state index contributed by atoms with van der Waals surface area (Å²) in [5.74, 6) is 0.479. The highest BCUT2D eigenvalue weighted by atomic mass is 16.5. The van der Waals surface area contributed by atoms with Crippen molar-refractivity contribution < 1.29 is 14.6 Å². The van der Waals surface area contributed by atoms with E-state index in [0.29, 0.717) is 0 Å². The van der Waals surface area contributed by atoms with Gasteiger partial charge in [-0.1, -0.05) is 36.4 Å². The first kappa shape index (κ1) is 19.9. The Kier molecular flexibility index (Phi) is 5.98. The zero-order valence-electron chi connectivity index (χ0n) is 16.4. The topological polar surface area (TPSA) is 76.8 Å². The number of aliphatic hydroxyl groups is 1. The van der Waals surface area contributed by atoms with Crippen LogP contribution in [0.2, 0.25) is 0 Å². The number of hydrogen-bond donors (Lipinski definition) is 1. The Bertz CT molecular complexity index is 856. The molecule has 0 aliphatic carbocycles. The summed E-state index contributed by atoms with van der Waals surface area (Å²) in [5, 5.41) is 19.5. The summed E-state index contributed by atoms with van der Waals surface area (Å²) in [4.78, 5) is 15.7. The molecule has 1 N–H and O–H groups in total. The van der Waals surface area contributed by atoms with Crippen molar-refractivity contribution in [3.8, 4) is 22.9 Å². The number of nitriles is 1. The number of benzene rings is 2. The van der Waals surface area contributed by atoms with Crippen LogP contribution < -0.4 is 4.74 Å². The van der Waals surface area contributed by atoms with E-state index in [0.717, 1.165) is 22.4 Å². The minimum atomic E-state index is -0.559. The van der Waals surface area contributed by atoms with Crippen LogP contribution in [0.25, 0.3) is 11.1 Å². The third-order valence-corrected chi connectivity index (χ3v) is 5.19. The van der Waals surface area contributed by atoms with Gasteiger partial charge in [-0.05, 0) is 42.9 Å². The number of nitrogens with zero attached hydrogens (tertiary/aromatic N) is 3. The Morgan fingerprint density at radius 2 is 1.71 bits per heavy atom. The highest BCUT2D eigenvalue weighted by Gasteiger charge is 2.51. The highest BCUT2D eigenvalue weighted by molar-refractivity contribution is 5.81. The van der Waals surface area contributed by atoms with Crippen LogP contribution in [0.1, 0.15) is 11.5 Å². The molecule has 0 radical (unpaired) electrons. The molecule has 0 saturated carbocycles. The predicted octanol–water partition coefficient (Wildman–Crippen LogP) is 2.10. The van der Waals surface area contributed by atoms with Crippen molar-refractivity contribution >= 4 is 5.91 Å². The first-order valence-corrected chi connectivity index (χ1v) is 9.21. The van der Waals surface area contributed by atoms with Gasteiger partial charge >= 0.3 is 0 Å². The standard InChI is InChI=1S/C22H25N3O3/c1-24(2)13-21(27)25-19(12-23)22(20(25)14-26)17-6-4-15(5-7-17)16-8-10-18(28-3)11-9-16/h4-11,19-20,22,26H,13-14H2,1-3H3/t19-,20+,22+/m0/s1. The average molecular weight is 379 g/mol. The van der Waals surface area contributed by atoms with E-state index in [-0.39, 0.29) is 31.0 Å². The molecule has 0 spiro atoms. The van der Waals surface area contributed by atoms with E-state index < -0.39 is 6.04 Å². The SMILES string of the molecule is COc1ccc(-c2ccc([C@H]3[C@@H](CO)N(C(=O)CN(C)C)[C@H]3C#N)cc2)cc1. The number of methoxy groups -OCH3 is 1. The molecule has 1 saturated heterocycles. The fourth-order valence-corrected chi connectivity index (χ4v) is 3.78. The number of carbonyl (C=O) groups is 1. The van der Waals surface area contributed by atoms with Gasteiger partial charge in [0, 0.05) is 5.92 Å². The lowest BCUT2D eigenvalue weighted by atomic mass is 9.75. The molecule has 1 heterocycles. The van der Waals surface area contributed by atoms with Gasteiger partial charge in [-0.25, -0.2) is 0 Å². The van der Waals surface area contributed by atoms with Crippen molar-refractivity contribution in [2.45, 2.75) is 18.0 Å². The van der Waals surface area contributed by atoms with E-state index >= 15 is 0 Å². The summed E-state index contributed by atoms with van der Waals surface area (Å²) in [5.41, 5.74) is 3.08. The Hall–Kier alpha value is -2.88. The van der Waals surface area contributed by atoms with Crippen LogP contribution in [-0.2, 0) is 4.79 Å². The zero-order chi connectivity index (χ0) is 20.3. The minimum absolute atomic E-state index is 0.137. The maximum Gasteiger partial charge on any atom is 0.238 e. The van der Waals surface area contributed by atoms with Gasteiger partial charge in [0.05, 0.1) is 32.4 Å². The summed E-state index contributed by atoms with van der Waals surface area (Å²) >= 11 is 0. The van der Waals surface area contributed by atoms with E-state index in [1.54, 1.807) is 12.0 Å². The summed E-state index contributed by atoms with van der Waals surface area (Å²) in [6, 6.07) is 17.1. The summed E-state index contributed by atoms with van der Waals surface area (Å²) in [6.45, 7) is 0.0556. The fourth-order valence-electron chi connectivity index (χ4n) is 3.78. The van der Waals surface area contributed by atoms with E-state index in [1.807, 2.05) is 62.6 Å². The summed E-state index contributed by atoms with van der Waals surface area (Å²) in [6.07, 6.45) is 0. The van der Waals surface area contributed by atoms with Crippen molar-refractivity contribution in [1.82, 2.24) is 9.80 Å². The Morgan fingerprint density at radius 3 is 2.18 bits per heavy atom. The van der Waals surface area contributed by atoms with Gasteiger partial charge in [0.1, 0.15) is 11.8 Å². The number of aliphatic hydroxyl groups excluding tert-OH is 1.